The van der Waals surface area contributed by atoms with Crippen molar-refractivity contribution >= 4 is 14.1 Å². The van der Waals surface area contributed by atoms with Crippen molar-refractivity contribution < 1.29 is 0 Å². The molecule has 0 amide bonds. The Kier molecular flexibility index (Phi) is 2.48. The molecule has 0 saturated carbocycles. The predicted octanol–water partition coefficient (Wildman–Crippen LogP) is 3.32. The lowest BCUT2D eigenvalue weighted by atomic mass is 9.89. The van der Waals surface area contributed by atoms with Gasteiger partial charge in [-0.25, -0.2) is 0 Å². The lowest BCUT2D eigenvalue weighted by Crippen LogP contribution is -2.22. The van der Waals surface area contributed by atoms with Gasteiger partial charge >= 0.3 is 0 Å². The average Bonchev–Trinajstić information content (AvgIpc) is 2.11. The van der Waals surface area contributed by atoms with E-state index in [9.17, 15) is 0 Å². The van der Waals surface area contributed by atoms with Crippen molar-refractivity contribution in [2.75, 3.05) is 0 Å². The maximum absolute atomic E-state index is 2.54. The van der Waals surface area contributed by atoms with E-state index in [1.165, 1.54) is 12.8 Å². The molecule has 0 nitrogen and oxygen atoms in total. The molecular formula is C9H19Al. The third-order valence-corrected chi connectivity index (χ3v) is 7.00. The molecule has 0 aromatic carbocycles. The number of hydrogen-bond acceptors (Lipinski definition) is 0. The Hall–Kier alpha value is 0.532. The highest BCUT2D eigenvalue weighted by molar-refractivity contribution is 6.60. The molecule has 0 radical (unpaired) electrons. The van der Waals surface area contributed by atoms with Crippen LogP contribution in [0.25, 0.3) is 0 Å². The van der Waals surface area contributed by atoms with Gasteiger partial charge in [-0.2, -0.15) is 0 Å². The highest BCUT2D eigenvalue weighted by Crippen LogP contribution is 2.43. The fourth-order valence-electron chi connectivity index (χ4n) is 2.43. The maximum atomic E-state index is 2.54. The molecule has 0 aromatic rings. The lowest BCUT2D eigenvalue weighted by molar-refractivity contribution is 0.370. The highest BCUT2D eigenvalue weighted by atomic mass is 27.2. The van der Waals surface area contributed by atoms with Gasteiger partial charge in [0.05, 0.1) is 0 Å². The smallest absolute Gasteiger partial charge is 0.106 e. The van der Waals surface area contributed by atoms with Gasteiger partial charge in [0.15, 0.2) is 0 Å². The van der Waals surface area contributed by atoms with Gasteiger partial charge in [0.25, 0.3) is 14.1 Å². The van der Waals surface area contributed by atoms with E-state index in [-0.39, 0.29) is 14.1 Å². The topological polar surface area (TPSA) is 0 Å². The van der Waals surface area contributed by atoms with Gasteiger partial charge in [-0.15, -0.1) is 5.79 Å². The van der Waals surface area contributed by atoms with E-state index >= 15 is 0 Å². The van der Waals surface area contributed by atoms with E-state index in [0.717, 1.165) is 4.78 Å². The van der Waals surface area contributed by atoms with Crippen LogP contribution in [0.3, 0.4) is 0 Å². The van der Waals surface area contributed by atoms with Crippen LogP contribution in [0, 0.1) is 5.41 Å². The van der Waals surface area contributed by atoms with Crippen LogP contribution in [0.5, 0.6) is 0 Å². The molecule has 1 heterocycles. The zero-order valence-electron chi connectivity index (χ0n) is 7.78. The van der Waals surface area contributed by atoms with Crippen molar-refractivity contribution in [2.24, 2.45) is 5.41 Å². The molecule has 0 aliphatic carbocycles. The summed E-state index contributed by atoms with van der Waals surface area (Å²) in [6, 6.07) is 0. The average molecular weight is 154 g/mol. The van der Waals surface area contributed by atoms with Gasteiger partial charge < -0.3 is 0 Å². The van der Waals surface area contributed by atoms with Crippen LogP contribution in [0.2, 0.25) is 15.8 Å². The standard InChI is InChI=1S/C8H16.CH3.Al/c1-5-6-7-8(2,3)4;;/h7H,1,5-6H2,2-4H3;1H3;. The summed E-state index contributed by atoms with van der Waals surface area (Å²) in [5, 5.41) is 1.60. The summed E-state index contributed by atoms with van der Waals surface area (Å²) in [4.78, 5) is 0. The van der Waals surface area contributed by atoms with Gasteiger partial charge in [-0.1, -0.05) is 43.7 Å². The molecule has 0 spiro atoms. The van der Waals surface area contributed by atoms with Crippen LogP contribution < -0.4 is 0 Å². The molecule has 1 atom stereocenters. The van der Waals surface area contributed by atoms with Crippen LogP contribution >= 0.6 is 0 Å². The van der Waals surface area contributed by atoms with Gasteiger partial charge in [0, 0.05) is 0 Å². The van der Waals surface area contributed by atoms with Crippen molar-refractivity contribution in [2.45, 2.75) is 49.5 Å². The third kappa shape index (κ3) is 1.77. The highest BCUT2D eigenvalue weighted by Gasteiger charge is 2.36. The van der Waals surface area contributed by atoms with Crippen molar-refractivity contribution in [1.82, 2.24) is 0 Å². The van der Waals surface area contributed by atoms with Gasteiger partial charge in [0.1, 0.15) is 0 Å². The quantitative estimate of drug-likeness (QED) is 0.469. The Morgan fingerprint density at radius 2 is 1.90 bits per heavy atom. The summed E-state index contributed by atoms with van der Waals surface area (Å²) in [6.07, 6.45) is 3.05. The van der Waals surface area contributed by atoms with E-state index in [1.54, 1.807) is 5.28 Å². The first-order valence-corrected chi connectivity index (χ1v) is 7.15. The minimum Gasteiger partial charge on any atom is -0.106 e. The SMILES string of the molecule is [CH3][Al]1[CH2]CC[CH]1C(C)(C)C. The number of rotatable bonds is 0. The lowest BCUT2D eigenvalue weighted by Gasteiger charge is -2.28. The van der Waals surface area contributed by atoms with E-state index in [0.29, 0.717) is 5.41 Å². The molecule has 1 rings (SSSR count). The van der Waals surface area contributed by atoms with E-state index in [1.807, 2.05) is 0 Å². The minimum atomic E-state index is -0.289. The monoisotopic (exact) mass is 154 g/mol. The fraction of sp³-hybridized carbons (Fsp3) is 1.00. The second-order valence-corrected chi connectivity index (χ2v) is 8.22. The van der Waals surface area contributed by atoms with E-state index < -0.39 is 0 Å². The van der Waals surface area contributed by atoms with Crippen LogP contribution in [-0.4, -0.2) is 14.1 Å². The Morgan fingerprint density at radius 3 is 2.10 bits per heavy atom. The summed E-state index contributed by atoms with van der Waals surface area (Å²) in [7, 11) is 0. The molecule has 1 aliphatic heterocycles. The molecule has 0 bridgehead atoms. The predicted molar refractivity (Wildman–Crippen MR) is 48.9 cm³/mol. The summed E-state index contributed by atoms with van der Waals surface area (Å²) in [5.74, 6) is 2.54. The summed E-state index contributed by atoms with van der Waals surface area (Å²) >= 11 is -0.289. The molecule has 0 aromatic heterocycles. The summed E-state index contributed by atoms with van der Waals surface area (Å²) in [5.41, 5.74) is 0.613. The second-order valence-electron chi connectivity index (χ2n) is 4.88. The van der Waals surface area contributed by atoms with Gasteiger partial charge in [0.2, 0.25) is 0 Å². The van der Waals surface area contributed by atoms with Crippen LogP contribution in [0.15, 0.2) is 0 Å². The second kappa shape index (κ2) is 2.88. The zero-order chi connectivity index (χ0) is 7.78. The molecule has 10 heavy (non-hydrogen) atoms. The van der Waals surface area contributed by atoms with E-state index in [2.05, 4.69) is 26.6 Å². The number of hydrogen-bond donors (Lipinski definition) is 0. The summed E-state index contributed by atoms with van der Waals surface area (Å²) in [6.45, 7) is 7.23. The molecular weight excluding hydrogens is 135 g/mol. The van der Waals surface area contributed by atoms with Gasteiger partial charge in [-0.3, -0.25) is 0 Å². The first-order chi connectivity index (χ1) is 4.52. The van der Waals surface area contributed by atoms with Crippen molar-refractivity contribution in [3.8, 4) is 0 Å². The normalized spacial score (nSPS) is 27.6. The molecule has 1 unspecified atom stereocenters. The van der Waals surface area contributed by atoms with Crippen molar-refractivity contribution in [3.63, 3.8) is 0 Å². The molecule has 1 fully saturated rings. The van der Waals surface area contributed by atoms with Crippen LogP contribution in [0.4, 0.5) is 0 Å². The first kappa shape index (κ1) is 8.63. The molecule has 58 valence electrons. The zero-order valence-corrected chi connectivity index (χ0v) is 8.93. The fourth-order valence-corrected chi connectivity index (χ4v) is 6.23. The molecule has 1 saturated heterocycles. The Balaban J connectivity index is 2.55. The summed E-state index contributed by atoms with van der Waals surface area (Å²) < 4.78 is 1.12. The van der Waals surface area contributed by atoms with Crippen LogP contribution in [-0.2, 0) is 0 Å². The van der Waals surface area contributed by atoms with E-state index in [4.69, 9.17) is 0 Å². The van der Waals surface area contributed by atoms with Gasteiger partial charge in [-0.05, 0) is 5.41 Å². The Labute approximate surface area is 69.4 Å². The Bertz CT molecular complexity index is 112. The molecule has 1 heteroatoms. The maximum Gasteiger partial charge on any atom is 0.263 e. The largest absolute Gasteiger partial charge is 0.263 e. The minimum absolute atomic E-state index is 0.289. The van der Waals surface area contributed by atoms with Crippen molar-refractivity contribution in [3.05, 3.63) is 0 Å². The van der Waals surface area contributed by atoms with Crippen molar-refractivity contribution in [1.29, 1.82) is 0 Å². The molecule has 1 aliphatic rings. The molecule has 0 N–H and O–H groups in total. The Morgan fingerprint density at radius 1 is 1.30 bits per heavy atom. The third-order valence-electron chi connectivity index (χ3n) is 2.97. The van der Waals surface area contributed by atoms with Crippen LogP contribution in [0.1, 0.15) is 33.6 Å². The first-order valence-electron chi connectivity index (χ1n) is 4.52.